The van der Waals surface area contributed by atoms with E-state index >= 15 is 0 Å². The third-order valence-corrected chi connectivity index (χ3v) is 5.82. The predicted octanol–water partition coefficient (Wildman–Crippen LogP) is 3.85. The molecule has 0 aliphatic heterocycles. The quantitative estimate of drug-likeness (QED) is 0.189. The van der Waals surface area contributed by atoms with Crippen LogP contribution in [0, 0.1) is 10.1 Å². The molecule has 1 heterocycles. The van der Waals surface area contributed by atoms with Crippen molar-refractivity contribution in [2.75, 3.05) is 13.7 Å². The van der Waals surface area contributed by atoms with Gasteiger partial charge < -0.3 is 9.26 Å². The minimum atomic E-state index is -3.68. The molecule has 0 spiro atoms. The number of hydrogen-bond acceptors (Lipinski definition) is 8. The van der Waals surface area contributed by atoms with E-state index in [1.807, 2.05) is 0 Å². The molecule has 150 valence electrons. The SMILES string of the molecule is C=CCOC(=O)Cc1ccc(OP(=O)(NC)OCc2ccc([N+](=O)[O-])s2)cc1. The largest absolute Gasteiger partial charge is 0.461 e. The van der Waals surface area contributed by atoms with Gasteiger partial charge in [0.2, 0.25) is 0 Å². The molecule has 0 saturated heterocycles. The second kappa shape index (κ2) is 10.1. The maximum Gasteiger partial charge on any atom is 0.458 e. The molecule has 0 radical (unpaired) electrons. The summed E-state index contributed by atoms with van der Waals surface area (Å²) in [6.07, 6.45) is 1.57. The van der Waals surface area contributed by atoms with Crippen LogP contribution in [0.5, 0.6) is 5.75 Å². The summed E-state index contributed by atoms with van der Waals surface area (Å²) >= 11 is 0.933. The van der Waals surface area contributed by atoms with Crippen LogP contribution < -0.4 is 9.61 Å². The molecule has 0 bridgehead atoms. The summed E-state index contributed by atoms with van der Waals surface area (Å²) in [5.74, 6) is -0.110. The summed E-state index contributed by atoms with van der Waals surface area (Å²) in [7, 11) is -2.26. The molecule has 0 aliphatic rings. The van der Waals surface area contributed by atoms with E-state index in [0.717, 1.165) is 11.3 Å². The normalized spacial score (nSPS) is 12.8. The van der Waals surface area contributed by atoms with E-state index in [1.54, 1.807) is 24.3 Å². The lowest BCUT2D eigenvalue weighted by Crippen LogP contribution is -2.12. The Kier molecular flexibility index (Phi) is 7.89. The maximum atomic E-state index is 12.7. The van der Waals surface area contributed by atoms with E-state index in [0.29, 0.717) is 10.4 Å². The van der Waals surface area contributed by atoms with Gasteiger partial charge in [-0.25, -0.2) is 9.65 Å². The molecule has 1 aromatic heterocycles. The van der Waals surface area contributed by atoms with Crippen LogP contribution >= 0.6 is 19.1 Å². The number of carbonyl (C=O) groups is 1. The second-order valence-electron chi connectivity index (χ2n) is 5.38. The van der Waals surface area contributed by atoms with Crippen molar-refractivity contribution in [1.29, 1.82) is 0 Å². The van der Waals surface area contributed by atoms with Crippen LogP contribution in [-0.2, 0) is 31.6 Å². The minimum absolute atomic E-state index is 0.0268. The average Bonchev–Trinajstić information content (AvgIpc) is 3.16. The molecule has 1 N–H and O–H groups in total. The smallest absolute Gasteiger partial charge is 0.458 e. The fourth-order valence-corrected chi connectivity index (χ4v) is 3.81. The van der Waals surface area contributed by atoms with Crippen molar-refractivity contribution in [3.63, 3.8) is 0 Å². The van der Waals surface area contributed by atoms with Crippen LogP contribution in [0.3, 0.4) is 0 Å². The zero-order valence-corrected chi connectivity index (χ0v) is 16.7. The van der Waals surface area contributed by atoms with Crippen LogP contribution in [0.2, 0.25) is 0 Å². The summed E-state index contributed by atoms with van der Waals surface area (Å²) in [4.78, 5) is 22.3. The minimum Gasteiger partial charge on any atom is -0.461 e. The van der Waals surface area contributed by atoms with Gasteiger partial charge in [0.1, 0.15) is 12.4 Å². The molecule has 2 aromatic rings. The van der Waals surface area contributed by atoms with E-state index in [2.05, 4.69) is 11.7 Å². The van der Waals surface area contributed by atoms with Gasteiger partial charge in [-0.1, -0.05) is 36.1 Å². The molecular formula is C17H19N2O7PS. The number of ether oxygens (including phenoxy) is 1. The molecule has 9 nitrogen and oxygen atoms in total. The first kappa shape index (κ1) is 21.8. The van der Waals surface area contributed by atoms with Crippen LogP contribution in [0.15, 0.2) is 49.1 Å². The van der Waals surface area contributed by atoms with Gasteiger partial charge in [-0.3, -0.25) is 19.4 Å². The van der Waals surface area contributed by atoms with Crippen molar-refractivity contribution in [3.8, 4) is 5.75 Å². The topological polar surface area (TPSA) is 117 Å². The lowest BCUT2D eigenvalue weighted by Gasteiger charge is -2.17. The number of nitrogens with one attached hydrogen (secondary N) is 1. The van der Waals surface area contributed by atoms with Gasteiger partial charge in [0, 0.05) is 10.9 Å². The van der Waals surface area contributed by atoms with E-state index in [4.69, 9.17) is 13.8 Å². The Morgan fingerprint density at radius 1 is 1.32 bits per heavy atom. The number of nitrogens with zero attached hydrogens (tertiary/aromatic N) is 1. The molecule has 0 fully saturated rings. The molecule has 0 saturated carbocycles. The van der Waals surface area contributed by atoms with Crippen LogP contribution in [-0.4, -0.2) is 24.5 Å². The number of rotatable bonds is 11. The Morgan fingerprint density at radius 3 is 2.61 bits per heavy atom. The molecule has 1 unspecified atom stereocenters. The third-order valence-electron chi connectivity index (χ3n) is 3.34. The second-order valence-corrected chi connectivity index (χ2v) is 8.40. The summed E-state index contributed by atoms with van der Waals surface area (Å²) in [5, 5.41) is 13.2. The fraction of sp³-hybridized carbons (Fsp3) is 0.235. The lowest BCUT2D eigenvalue weighted by atomic mass is 10.1. The first-order valence-corrected chi connectivity index (χ1v) is 10.4. The Labute approximate surface area is 165 Å². The highest BCUT2D eigenvalue weighted by Gasteiger charge is 2.25. The highest BCUT2D eigenvalue weighted by molar-refractivity contribution is 7.52. The predicted molar refractivity (Wildman–Crippen MR) is 104 cm³/mol. The molecule has 11 heteroatoms. The van der Waals surface area contributed by atoms with Gasteiger partial charge in [-0.05, 0) is 30.8 Å². The highest BCUT2D eigenvalue weighted by atomic mass is 32.1. The lowest BCUT2D eigenvalue weighted by molar-refractivity contribution is -0.380. The van der Waals surface area contributed by atoms with E-state index in [1.165, 1.54) is 25.3 Å². The zero-order chi connectivity index (χ0) is 20.6. The van der Waals surface area contributed by atoms with Gasteiger partial charge in [0.25, 0.3) is 0 Å². The average molecular weight is 426 g/mol. The van der Waals surface area contributed by atoms with Crippen LogP contribution in [0.4, 0.5) is 5.00 Å². The highest BCUT2D eigenvalue weighted by Crippen LogP contribution is 2.45. The number of hydrogen-bond donors (Lipinski definition) is 1. The summed E-state index contributed by atoms with van der Waals surface area (Å²) in [5.41, 5.74) is 0.701. The zero-order valence-electron chi connectivity index (χ0n) is 15.0. The summed E-state index contributed by atoms with van der Waals surface area (Å²) in [6.45, 7) is 3.51. The molecule has 1 atom stereocenters. The fourth-order valence-electron chi connectivity index (χ4n) is 2.00. The van der Waals surface area contributed by atoms with Crippen molar-refractivity contribution in [2.45, 2.75) is 13.0 Å². The van der Waals surface area contributed by atoms with E-state index in [9.17, 15) is 19.5 Å². The van der Waals surface area contributed by atoms with Gasteiger partial charge in [-0.2, -0.15) is 0 Å². The van der Waals surface area contributed by atoms with Crippen molar-refractivity contribution < 1.29 is 28.1 Å². The van der Waals surface area contributed by atoms with Crippen LogP contribution in [0.1, 0.15) is 10.4 Å². The standard InChI is InChI=1S/C17H19N2O7PS/c1-3-10-24-17(20)11-13-4-6-14(7-5-13)26-27(23,18-2)25-12-15-8-9-16(28-15)19(21)22/h3-9H,1,10-12H2,2H3,(H,18,23). The van der Waals surface area contributed by atoms with Crippen molar-refractivity contribution in [3.05, 3.63) is 69.6 Å². The van der Waals surface area contributed by atoms with Crippen LogP contribution in [0.25, 0.3) is 0 Å². The number of carbonyl (C=O) groups excluding carboxylic acids is 1. The Morgan fingerprint density at radius 2 is 2.04 bits per heavy atom. The van der Waals surface area contributed by atoms with Gasteiger partial charge in [0.15, 0.2) is 0 Å². The summed E-state index contributed by atoms with van der Waals surface area (Å²) in [6, 6.07) is 9.29. The molecule has 0 amide bonds. The van der Waals surface area contributed by atoms with Gasteiger partial charge >= 0.3 is 18.7 Å². The Balaban J connectivity index is 1.94. The number of esters is 1. The molecule has 2 rings (SSSR count). The van der Waals surface area contributed by atoms with Crippen molar-refractivity contribution >= 4 is 30.1 Å². The molecule has 0 aliphatic carbocycles. The van der Waals surface area contributed by atoms with E-state index in [-0.39, 0.29) is 36.4 Å². The third kappa shape index (κ3) is 6.58. The molecular weight excluding hydrogens is 407 g/mol. The molecule has 28 heavy (non-hydrogen) atoms. The van der Waals surface area contributed by atoms with E-state index < -0.39 is 12.7 Å². The number of benzene rings is 1. The first-order valence-electron chi connectivity index (χ1n) is 8.07. The summed E-state index contributed by atoms with van der Waals surface area (Å²) < 4.78 is 28.3. The number of thiophene rings is 1. The van der Waals surface area contributed by atoms with Gasteiger partial charge in [0.05, 0.1) is 18.0 Å². The number of nitro groups is 1. The van der Waals surface area contributed by atoms with Crippen molar-refractivity contribution in [1.82, 2.24) is 5.09 Å². The monoisotopic (exact) mass is 426 g/mol. The Bertz CT molecular complexity index is 882. The molecule has 1 aromatic carbocycles. The first-order chi connectivity index (χ1) is 13.3. The maximum absolute atomic E-state index is 12.7. The van der Waals surface area contributed by atoms with Crippen molar-refractivity contribution in [2.24, 2.45) is 0 Å². The van der Waals surface area contributed by atoms with Gasteiger partial charge in [-0.15, -0.1) is 0 Å². The Hall–Kier alpha value is -2.52.